The predicted molar refractivity (Wildman–Crippen MR) is 67.5 cm³/mol. The largest absolute Gasteiger partial charge is 0.389 e. The van der Waals surface area contributed by atoms with Gasteiger partial charge in [-0.3, -0.25) is 4.79 Å². The minimum Gasteiger partial charge on any atom is -0.389 e. The van der Waals surface area contributed by atoms with E-state index in [1.807, 2.05) is 5.32 Å². The van der Waals surface area contributed by atoms with Crippen LogP contribution in [0.1, 0.15) is 19.4 Å². The number of nitrogens with zero attached hydrogens (tertiary/aromatic N) is 1. The van der Waals surface area contributed by atoms with Crippen molar-refractivity contribution in [3.05, 3.63) is 28.0 Å². The lowest BCUT2D eigenvalue weighted by Gasteiger charge is -2.21. The van der Waals surface area contributed by atoms with Gasteiger partial charge in [0.05, 0.1) is 5.60 Å². The van der Waals surface area contributed by atoms with E-state index in [-0.39, 0.29) is 16.9 Å². The van der Waals surface area contributed by atoms with Crippen LogP contribution >= 0.6 is 23.2 Å². The molecule has 0 aliphatic heterocycles. The number of nitrogens with one attached hydrogen (secondary N) is 1. The summed E-state index contributed by atoms with van der Waals surface area (Å²) in [7, 11) is 0. The molecule has 1 aromatic heterocycles. The highest BCUT2D eigenvalue weighted by atomic mass is 35.5. The van der Waals surface area contributed by atoms with Crippen LogP contribution in [-0.4, -0.2) is 28.1 Å². The van der Waals surface area contributed by atoms with Crippen molar-refractivity contribution in [2.45, 2.75) is 25.4 Å². The summed E-state index contributed by atoms with van der Waals surface area (Å²) in [6.45, 7) is 2.45. The molecule has 1 rings (SSSR count). The number of aliphatic hydroxyl groups is 1. The van der Waals surface area contributed by atoms with Gasteiger partial charge in [-0.15, -0.1) is 0 Å². The molecule has 2 N–H and O–H groups in total. The SMILES string of the molecule is CC(C)(O)CNC(=O)C(F)(F)c1cc(Cl)nc(Cl)c1. The quantitative estimate of drug-likeness (QED) is 0.839. The van der Waals surface area contributed by atoms with Crippen LogP contribution in [0.4, 0.5) is 8.78 Å². The molecule has 0 spiro atoms. The maximum Gasteiger partial charge on any atom is 0.349 e. The van der Waals surface area contributed by atoms with Gasteiger partial charge in [-0.05, 0) is 26.0 Å². The first-order chi connectivity index (χ1) is 8.52. The third kappa shape index (κ3) is 4.56. The molecule has 4 nitrogen and oxygen atoms in total. The Labute approximate surface area is 118 Å². The predicted octanol–water partition coefficient (Wildman–Crippen LogP) is 2.37. The number of carbonyl (C=O) groups is 1. The van der Waals surface area contributed by atoms with Crippen molar-refractivity contribution in [3.63, 3.8) is 0 Å². The van der Waals surface area contributed by atoms with E-state index >= 15 is 0 Å². The molecule has 0 aliphatic carbocycles. The van der Waals surface area contributed by atoms with E-state index in [1.54, 1.807) is 0 Å². The molecule has 106 valence electrons. The minimum absolute atomic E-state index is 0.238. The fourth-order valence-electron chi connectivity index (χ4n) is 1.18. The molecule has 0 radical (unpaired) electrons. The summed E-state index contributed by atoms with van der Waals surface area (Å²) < 4.78 is 27.7. The second kappa shape index (κ2) is 5.56. The molecule has 0 atom stereocenters. The monoisotopic (exact) mass is 312 g/mol. The van der Waals surface area contributed by atoms with Crippen LogP contribution in [0.5, 0.6) is 0 Å². The zero-order chi connectivity index (χ0) is 14.8. The fourth-order valence-corrected chi connectivity index (χ4v) is 1.65. The van der Waals surface area contributed by atoms with Gasteiger partial charge in [-0.25, -0.2) is 4.98 Å². The van der Waals surface area contributed by atoms with E-state index in [1.165, 1.54) is 13.8 Å². The van der Waals surface area contributed by atoms with Gasteiger partial charge in [0.1, 0.15) is 10.3 Å². The molecular weight excluding hydrogens is 301 g/mol. The molecule has 1 heterocycles. The number of hydrogen-bond acceptors (Lipinski definition) is 3. The number of aromatic nitrogens is 1. The van der Waals surface area contributed by atoms with Gasteiger partial charge in [0.25, 0.3) is 5.91 Å². The van der Waals surface area contributed by atoms with Gasteiger partial charge >= 0.3 is 5.92 Å². The van der Waals surface area contributed by atoms with Crippen LogP contribution in [0.2, 0.25) is 10.3 Å². The molecule has 8 heteroatoms. The van der Waals surface area contributed by atoms with Crippen molar-refractivity contribution in [1.29, 1.82) is 0 Å². The van der Waals surface area contributed by atoms with Crippen molar-refractivity contribution < 1.29 is 18.7 Å². The Bertz CT molecular complexity index is 470. The third-order valence-electron chi connectivity index (χ3n) is 2.09. The lowest BCUT2D eigenvalue weighted by molar-refractivity contribution is -0.148. The fraction of sp³-hybridized carbons (Fsp3) is 0.455. The van der Waals surface area contributed by atoms with Gasteiger partial charge in [-0.2, -0.15) is 8.78 Å². The van der Waals surface area contributed by atoms with Crippen LogP contribution in [0.15, 0.2) is 12.1 Å². The lowest BCUT2D eigenvalue weighted by atomic mass is 10.1. The van der Waals surface area contributed by atoms with Crippen molar-refractivity contribution in [1.82, 2.24) is 10.3 Å². The van der Waals surface area contributed by atoms with Gasteiger partial charge in [0.2, 0.25) is 0 Å². The van der Waals surface area contributed by atoms with E-state index in [0.717, 1.165) is 12.1 Å². The summed E-state index contributed by atoms with van der Waals surface area (Å²) >= 11 is 11.0. The van der Waals surface area contributed by atoms with E-state index in [4.69, 9.17) is 23.2 Å². The van der Waals surface area contributed by atoms with Gasteiger partial charge in [0.15, 0.2) is 0 Å². The number of hydrogen-bond donors (Lipinski definition) is 2. The van der Waals surface area contributed by atoms with Gasteiger partial charge < -0.3 is 10.4 Å². The number of alkyl halides is 2. The van der Waals surface area contributed by atoms with E-state index in [2.05, 4.69) is 4.98 Å². The van der Waals surface area contributed by atoms with Crippen molar-refractivity contribution in [2.24, 2.45) is 0 Å². The Morgan fingerprint density at radius 1 is 1.37 bits per heavy atom. The summed E-state index contributed by atoms with van der Waals surface area (Å²) in [5.74, 6) is -5.37. The Morgan fingerprint density at radius 2 is 1.84 bits per heavy atom. The summed E-state index contributed by atoms with van der Waals surface area (Å²) in [6.07, 6.45) is 0. The highest BCUT2D eigenvalue weighted by Gasteiger charge is 2.41. The van der Waals surface area contributed by atoms with Crippen LogP contribution in [-0.2, 0) is 10.7 Å². The number of amides is 1. The summed E-state index contributed by atoms with van der Waals surface area (Å²) in [5.41, 5.74) is -1.95. The highest BCUT2D eigenvalue weighted by Crippen LogP contribution is 2.31. The third-order valence-corrected chi connectivity index (χ3v) is 2.48. The smallest absolute Gasteiger partial charge is 0.349 e. The Hall–Kier alpha value is -0.980. The van der Waals surface area contributed by atoms with E-state index in [9.17, 15) is 18.7 Å². The van der Waals surface area contributed by atoms with Gasteiger partial charge in [0, 0.05) is 12.1 Å². The molecule has 1 amide bonds. The van der Waals surface area contributed by atoms with Crippen molar-refractivity contribution in [3.8, 4) is 0 Å². The molecule has 0 fully saturated rings. The molecule has 0 saturated carbocycles. The lowest BCUT2D eigenvalue weighted by Crippen LogP contribution is -2.44. The summed E-state index contributed by atoms with van der Waals surface area (Å²) in [6, 6.07) is 1.72. The summed E-state index contributed by atoms with van der Waals surface area (Å²) in [4.78, 5) is 15.0. The number of halogens is 4. The van der Waals surface area contributed by atoms with Crippen molar-refractivity contribution in [2.75, 3.05) is 6.54 Å². The summed E-state index contributed by atoms with van der Waals surface area (Å²) in [5, 5.41) is 10.9. The minimum atomic E-state index is -3.82. The van der Waals surface area contributed by atoms with Crippen LogP contribution < -0.4 is 5.32 Å². The highest BCUT2D eigenvalue weighted by molar-refractivity contribution is 6.32. The molecule has 0 unspecified atom stereocenters. The normalized spacial score (nSPS) is 12.4. The standard InChI is InChI=1S/C11H12Cl2F2N2O2/c1-10(2,19)5-16-9(18)11(14,15)6-3-7(12)17-8(13)4-6/h3-4,19H,5H2,1-2H3,(H,16,18). The van der Waals surface area contributed by atoms with Crippen LogP contribution in [0, 0.1) is 0 Å². The first-order valence-corrected chi connectivity index (χ1v) is 6.00. The zero-order valence-electron chi connectivity index (χ0n) is 10.2. The average Bonchev–Trinajstić information content (AvgIpc) is 2.23. The maximum absolute atomic E-state index is 13.8. The number of pyridine rings is 1. The first kappa shape index (κ1) is 16.1. The first-order valence-electron chi connectivity index (χ1n) is 5.24. The van der Waals surface area contributed by atoms with E-state index < -0.39 is 23.0 Å². The number of rotatable bonds is 4. The second-order valence-corrected chi connectivity index (χ2v) is 5.35. The molecule has 1 aromatic rings. The topological polar surface area (TPSA) is 62.2 Å². The van der Waals surface area contributed by atoms with E-state index in [0.29, 0.717) is 0 Å². The number of carbonyl (C=O) groups excluding carboxylic acids is 1. The molecule has 19 heavy (non-hydrogen) atoms. The zero-order valence-corrected chi connectivity index (χ0v) is 11.7. The average molecular weight is 313 g/mol. The Morgan fingerprint density at radius 3 is 2.26 bits per heavy atom. The Kier molecular flexibility index (Phi) is 4.71. The molecule has 0 saturated heterocycles. The van der Waals surface area contributed by atoms with Gasteiger partial charge in [-0.1, -0.05) is 23.2 Å². The maximum atomic E-state index is 13.8. The van der Waals surface area contributed by atoms with Crippen LogP contribution in [0.25, 0.3) is 0 Å². The molecule has 0 aromatic carbocycles. The Balaban J connectivity index is 2.93. The van der Waals surface area contributed by atoms with Crippen molar-refractivity contribution >= 4 is 29.1 Å². The molecular formula is C11H12Cl2F2N2O2. The molecule has 0 bridgehead atoms. The molecule has 0 aliphatic rings. The van der Waals surface area contributed by atoms with Crippen LogP contribution in [0.3, 0.4) is 0 Å². The second-order valence-electron chi connectivity index (χ2n) is 4.57.